The van der Waals surface area contributed by atoms with Gasteiger partial charge in [0.05, 0.1) is 0 Å². The summed E-state index contributed by atoms with van der Waals surface area (Å²) in [5.74, 6) is 0.239. The first-order chi connectivity index (χ1) is 10.3. The van der Waals surface area contributed by atoms with Gasteiger partial charge in [0.1, 0.15) is 6.04 Å². The van der Waals surface area contributed by atoms with E-state index >= 15 is 0 Å². The van der Waals surface area contributed by atoms with Crippen molar-refractivity contribution in [2.45, 2.75) is 6.04 Å². The van der Waals surface area contributed by atoms with Crippen molar-refractivity contribution in [2.24, 2.45) is 0 Å². The monoisotopic (exact) mass is 291 g/mol. The third kappa shape index (κ3) is 3.28. The molecule has 1 aromatic rings. The van der Waals surface area contributed by atoms with Gasteiger partial charge in [-0.3, -0.25) is 9.69 Å². The van der Waals surface area contributed by atoms with Crippen LogP contribution in [0.15, 0.2) is 18.3 Å². The van der Waals surface area contributed by atoms with E-state index in [1.807, 2.05) is 23.2 Å². The highest BCUT2D eigenvalue weighted by molar-refractivity contribution is 5.83. The molecule has 1 amide bonds. The number of amides is 1. The van der Waals surface area contributed by atoms with Crippen molar-refractivity contribution >= 4 is 5.91 Å². The Morgan fingerprint density at radius 3 is 2.48 bits per heavy atom. The topological polar surface area (TPSA) is 54.6 Å². The molecule has 2 aliphatic heterocycles. The molecule has 1 unspecified atom stereocenters. The van der Waals surface area contributed by atoms with Crippen LogP contribution in [0, 0.1) is 0 Å². The Bertz CT molecular complexity index is 447. The number of hydrogen-bond donors (Lipinski definition) is 2. The molecular weight excluding hydrogens is 266 g/mol. The molecule has 6 heteroatoms. The summed E-state index contributed by atoms with van der Waals surface area (Å²) in [6.45, 7) is 7.33. The molecule has 0 aliphatic carbocycles. The van der Waals surface area contributed by atoms with Crippen molar-refractivity contribution in [3.8, 4) is 0 Å². The van der Waals surface area contributed by atoms with Gasteiger partial charge in [-0.1, -0.05) is 0 Å². The van der Waals surface area contributed by atoms with E-state index in [0.29, 0.717) is 0 Å². The molecule has 1 atom stereocenters. The summed E-state index contributed by atoms with van der Waals surface area (Å²) in [7, 11) is 2.14. The number of nitrogens with zero attached hydrogens (tertiary/aromatic N) is 3. The first kappa shape index (κ1) is 14.6. The number of carbonyl (C=O) groups excluding carboxylic acids is 1. The molecule has 3 rings (SSSR count). The van der Waals surface area contributed by atoms with E-state index < -0.39 is 0 Å². The molecule has 1 aromatic heterocycles. The molecule has 2 N–H and O–H groups in total. The first-order valence-electron chi connectivity index (χ1n) is 7.81. The molecule has 0 bridgehead atoms. The highest BCUT2D eigenvalue weighted by Gasteiger charge is 2.33. The van der Waals surface area contributed by atoms with E-state index in [9.17, 15) is 4.79 Å². The molecular formula is C15H25N5O. The predicted molar refractivity (Wildman–Crippen MR) is 82.1 cm³/mol. The zero-order valence-electron chi connectivity index (χ0n) is 12.7. The average molecular weight is 291 g/mol. The van der Waals surface area contributed by atoms with Crippen LogP contribution >= 0.6 is 0 Å². The molecule has 2 saturated heterocycles. The van der Waals surface area contributed by atoms with Gasteiger partial charge >= 0.3 is 0 Å². The SMILES string of the molecule is CN1CCN(C(C(=O)N2CCNCC2)c2ccc[nH]2)CC1. The third-order valence-corrected chi connectivity index (χ3v) is 4.48. The zero-order valence-corrected chi connectivity index (χ0v) is 12.7. The molecule has 0 aromatic carbocycles. The van der Waals surface area contributed by atoms with Crippen LogP contribution < -0.4 is 5.32 Å². The van der Waals surface area contributed by atoms with Crippen molar-refractivity contribution in [1.29, 1.82) is 0 Å². The number of likely N-dealkylation sites (N-methyl/N-ethyl adjacent to an activating group) is 1. The Morgan fingerprint density at radius 2 is 1.86 bits per heavy atom. The Kier molecular flexibility index (Phi) is 4.57. The molecule has 6 nitrogen and oxygen atoms in total. The van der Waals surface area contributed by atoms with Crippen LogP contribution in [0.3, 0.4) is 0 Å². The predicted octanol–water partition coefficient (Wildman–Crippen LogP) is -0.265. The molecule has 0 saturated carbocycles. The molecule has 0 spiro atoms. The van der Waals surface area contributed by atoms with Crippen molar-refractivity contribution < 1.29 is 4.79 Å². The molecule has 2 fully saturated rings. The van der Waals surface area contributed by atoms with Gasteiger partial charge in [-0.2, -0.15) is 0 Å². The quantitative estimate of drug-likeness (QED) is 0.805. The number of aromatic nitrogens is 1. The average Bonchev–Trinajstić information content (AvgIpc) is 3.04. The van der Waals surface area contributed by atoms with E-state index in [4.69, 9.17) is 0 Å². The summed E-state index contributed by atoms with van der Waals surface area (Å²) in [6.07, 6.45) is 1.91. The van der Waals surface area contributed by atoms with Gasteiger partial charge in [0.15, 0.2) is 0 Å². The maximum atomic E-state index is 13.0. The number of rotatable bonds is 3. The van der Waals surface area contributed by atoms with Crippen molar-refractivity contribution in [3.63, 3.8) is 0 Å². The second-order valence-corrected chi connectivity index (χ2v) is 5.94. The Hall–Kier alpha value is -1.37. The van der Waals surface area contributed by atoms with Gasteiger partial charge in [0.2, 0.25) is 5.91 Å². The lowest BCUT2D eigenvalue weighted by Gasteiger charge is -2.39. The summed E-state index contributed by atoms with van der Waals surface area (Å²) >= 11 is 0. The van der Waals surface area contributed by atoms with Crippen LogP contribution in [0.4, 0.5) is 0 Å². The first-order valence-corrected chi connectivity index (χ1v) is 7.81. The smallest absolute Gasteiger partial charge is 0.246 e. The van der Waals surface area contributed by atoms with Gasteiger partial charge in [0.25, 0.3) is 0 Å². The van der Waals surface area contributed by atoms with E-state index in [1.165, 1.54) is 0 Å². The van der Waals surface area contributed by atoms with Gasteiger partial charge < -0.3 is 20.1 Å². The fourth-order valence-corrected chi connectivity index (χ4v) is 3.14. The lowest BCUT2D eigenvalue weighted by molar-refractivity contribution is -0.138. The fraction of sp³-hybridized carbons (Fsp3) is 0.667. The van der Waals surface area contributed by atoms with Gasteiger partial charge in [-0.25, -0.2) is 0 Å². The Morgan fingerprint density at radius 1 is 1.14 bits per heavy atom. The lowest BCUT2D eigenvalue weighted by Crippen LogP contribution is -2.54. The second kappa shape index (κ2) is 6.60. The summed E-state index contributed by atoms with van der Waals surface area (Å²) < 4.78 is 0. The van der Waals surface area contributed by atoms with E-state index in [-0.39, 0.29) is 11.9 Å². The molecule has 21 heavy (non-hydrogen) atoms. The summed E-state index contributed by atoms with van der Waals surface area (Å²) in [5.41, 5.74) is 1.02. The van der Waals surface area contributed by atoms with Gasteiger partial charge in [-0.15, -0.1) is 0 Å². The Balaban J connectivity index is 1.77. The highest BCUT2D eigenvalue weighted by Crippen LogP contribution is 2.23. The minimum absolute atomic E-state index is 0.160. The van der Waals surface area contributed by atoms with E-state index in [1.54, 1.807) is 0 Å². The maximum Gasteiger partial charge on any atom is 0.246 e. The van der Waals surface area contributed by atoms with Crippen LogP contribution in [0.25, 0.3) is 0 Å². The fourth-order valence-electron chi connectivity index (χ4n) is 3.14. The second-order valence-electron chi connectivity index (χ2n) is 5.94. The summed E-state index contributed by atoms with van der Waals surface area (Å²) in [6, 6.07) is 3.85. The largest absolute Gasteiger partial charge is 0.363 e. The molecule has 0 radical (unpaired) electrons. The van der Waals surface area contributed by atoms with Gasteiger partial charge in [-0.05, 0) is 19.2 Å². The third-order valence-electron chi connectivity index (χ3n) is 4.48. The number of aromatic amines is 1. The van der Waals surface area contributed by atoms with E-state index in [0.717, 1.165) is 58.1 Å². The number of carbonyl (C=O) groups is 1. The minimum atomic E-state index is -0.160. The van der Waals surface area contributed by atoms with Crippen molar-refractivity contribution in [1.82, 2.24) is 25.0 Å². The number of hydrogen-bond acceptors (Lipinski definition) is 4. The van der Waals surface area contributed by atoms with Crippen molar-refractivity contribution in [3.05, 3.63) is 24.0 Å². The van der Waals surface area contributed by atoms with Crippen LogP contribution in [-0.2, 0) is 4.79 Å². The van der Waals surface area contributed by atoms with Crippen LogP contribution in [-0.4, -0.2) is 85.0 Å². The van der Waals surface area contributed by atoms with Crippen LogP contribution in [0.5, 0.6) is 0 Å². The summed E-state index contributed by atoms with van der Waals surface area (Å²) in [5, 5.41) is 3.31. The zero-order chi connectivity index (χ0) is 14.7. The molecule has 2 aliphatic rings. The number of piperazine rings is 2. The highest BCUT2D eigenvalue weighted by atomic mass is 16.2. The van der Waals surface area contributed by atoms with Crippen LogP contribution in [0.1, 0.15) is 11.7 Å². The lowest BCUT2D eigenvalue weighted by atomic mass is 10.1. The molecule has 116 valence electrons. The standard InChI is InChI=1S/C15H25N5O/c1-18-9-11-19(12-10-18)14(13-3-2-4-17-13)15(21)20-7-5-16-6-8-20/h2-4,14,16-17H,5-12H2,1H3. The maximum absolute atomic E-state index is 13.0. The number of nitrogens with one attached hydrogen (secondary N) is 2. The van der Waals surface area contributed by atoms with Crippen LogP contribution in [0.2, 0.25) is 0 Å². The van der Waals surface area contributed by atoms with Gasteiger partial charge in [0, 0.05) is 64.2 Å². The Labute approximate surface area is 126 Å². The number of H-pyrrole nitrogens is 1. The summed E-state index contributed by atoms with van der Waals surface area (Å²) in [4.78, 5) is 22.9. The molecule has 3 heterocycles. The van der Waals surface area contributed by atoms with E-state index in [2.05, 4.69) is 27.1 Å². The normalized spacial score (nSPS) is 23.2. The van der Waals surface area contributed by atoms with Crippen molar-refractivity contribution in [2.75, 3.05) is 59.4 Å². The minimum Gasteiger partial charge on any atom is -0.363 e.